The summed E-state index contributed by atoms with van der Waals surface area (Å²) in [4.78, 5) is 3.72. The van der Waals surface area contributed by atoms with Gasteiger partial charge >= 0.3 is 29.6 Å². The van der Waals surface area contributed by atoms with Gasteiger partial charge in [0.1, 0.15) is 0 Å². The van der Waals surface area contributed by atoms with Gasteiger partial charge in [-0.1, -0.05) is 23.2 Å². The van der Waals surface area contributed by atoms with Crippen LogP contribution in [0.4, 0.5) is 0 Å². The number of hydrogen-bond donors (Lipinski definition) is 0. The first-order valence-corrected chi connectivity index (χ1v) is 2.80. The molecule has 0 amide bonds. The standard InChI is InChI=1S/C5H3Cl2N.Na.H2O.H/c6-4-1-5(7)3-8-2-4;;;/h1-3H;;1H2;/q;+1;;-1. The Labute approximate surface area is 92.6 Å². The summed E-state index contributed by atoms with van der Waals surface area (Å²) < 4.78 is 0. The quantitative estimate of drug-likeness (QED) is 0.468. The normalized spacial score (nSPS) is 7.40. The summed E-state index contributed by atoms with van der Waals surface area (Å²) in [5.41, 5.74) is 0. The molecule has 0 saturated carbocycles. The Hall–Kier alpha value is 0.690. The van der Waals surface area contributed by atoms with E-state index in [0.29, 0.717) is 10.0 Å². The Morgan fingerprint density at radius 2 is 1.60 bits per heavy atom. The third kappa shape index (κ3) is 4.50. The van der Waals surface area contributed by atoms with Crippen LogP contribution in [0.1, 0.15) is 1.43 Å². The molecule has 1 aromatic heterocycles. The molecule has 0 radical (unpaired) electrons. The van der Waals surface area contributed by atoms with E-state index in [1.54, 1.807) is 6.07 Å². The second-order valence-electron chi connectivity index (χ2n) is 1.32. The first-order chi connectivity index (χ1) is 3.79. The molecule has 0 aromatic carbocycles. The molecule has 0 spiro atoms. The molecule has 52 valence electrons. The molecular formula is C5H6Cl2NNaO. The number of rotatable bonds is 0. The molecule has 0 aliphatic heterocycles. The molecule has 10 heavy (non-hydrogen) atoms. The molecule has 2 N–H and O–H groups in total. The van der Waals surface area contributed by atoms with Crippen molar-refractivity contribution in [2.24, 2.45) is 0 Å². The van der Waals surface area contributed by atoms with Crippen molar-refractivity contribution in [3.05, 3.63) is 28.5 Å². The van der Waals surface area contributed by atoms with Crippen LogP contribution in [0, 0.1) is 0 Å². The van der Waals surface area contributed by atoms with E-state index >= 15 is 0 Å². The average molecular weight is 190 g/mol. The van der Waals surface area contributed by atoms with Gasteiger partial charge in [-0.15, -0.1) is 0 Å². The van der Waals surface area contributed by atoms with Gasteiger partial charge in [0.05, 0.1) is 10.0 Å². The minimum absolute atomic E-state index is 0. The van der Waals surface area contributed by atoms with E-state index < -0.39 is 0 Å². The SMILES string of the molecule is Clc1cncc(Cl)c1.O.[H-].[Na+]. The van der Waals surface area contributed by atoms with E-state index in [9.17, 15) is 0 Å². The van der Waals surface area contributed by atoms with Crippen LogP contribution < -0.4 is 29.6 Å². The van der Waals surface area contributed by atoms with Crippen molar-refractivity contribution in [1.82, 2.24) is 4.98 Å². The minimum atomic E-state index is 0. The molecule has 1 rings (SSSR count). The predicted molar refractivity (Wildman–Crippen MR) is 39.0 cm³/mol. The van der Waals surface area contributed by atoms with Crippen molar-refractivity contribution in [2.45, 2.75) is 0 Å². The summed E-state index contributed by atoms with van der Waals surface area (Å²) >= 11 is 11.0. The maximum atomic E-state index is 5.50. The summed E-state index contributed by atoms with van der Waals surface area (Å²) in [6.45, 7) is 0. The van der Waals surface area contributed by atoms with Gasteiger partial charge in [0.2, 0.25) is 0 Å². The molecule has 0 atom stereocenters. The summed E-state index contributed by atoms with van der Waals surface area (Å²) in [5.74, 6) is 0. The fourth-order valence-electron chi connectivity index (χ4n) is 0.386. The Morgan fingerprint density at radius 1 is 1.20 bits per heavy atom. The van der Waals surface area contributed by atoms with Crippen molar-refractivity contribution in [3.63, 3.8) is 0 Å². The molecule has 0 unspecified atom stereocenters. The Kier molecular flexibility index (Phi) is 8.51. The van der Waals surface area contributed by atoms with E-state index in [0.717, 1.165) is 0 Å². The second-order valence-corrected chi connectivity index (χ2v) is 2.19. The third-order valence-electron chi connectivity index (χ3n) is 0.672. The molecular weight excluding hydrogens is 184 g/mol. The Morgan fingerprint density at radius 3 is 1.80 bits per heavy atom. The molecule has 2 nitrogen and oxygen atoms in total. The van der Waals surface area contributed by atoms with Crippen molar-refractivity contribution in [3.8, 4) is 0 Å². The fraction of sp³-hybridized carbons (Fsp3) is 0. The number of hydrogen-bond acceptors (Lipinski definition) is 1. The summed E-state index contributed by atoms with van der Waals surface area (Å²) in [5, 5.41) is 1.13. The van der Waals surface area contributed by atoms with Crippen LogP contribution in [0.2, 0.25) is 10.0 Å². The number of pyridine rings is 1. The van der Waals surface area contributed by atoms with Crippen molar-refractivity contribution in [2.75, 3.05) is 0 Å². The van der Waals surface area contributed by atoms with Crippen molar-refractivity contribution < 1.29 is 36.5 Å². The van der Waals surface area contributed by atoms with Gasteiger partial charge in [-0.3, -0.25) is 4.98 Å². The zero-order chi connectivity index (χ0) is 5.98. The van der Waals surface area contributed by atoms with Gasteiger partial charge in [0.25, 0.3) is 0 Å². The first kappa shape index (κ1) is 13.3. The maximum Gasteiger partial charge on any atom is 1.00 e. The summed E-state index contributed by atoms with van der Waals surface area (Å²) in [7, 11) is 0. The second kappa shape index (κ2) is 6.40. The van der Waals surface area contributed by atoms with Gasteiger partial charge in [0.15, 0.2) is 0 Å². The smallest absolute Gasteiger partial charge is 1.00 e. The van der Waals surface area contributed by atoms with E-state index in [-0.39, 0.29) is 36.5 Å². The monoisotopic (exact) mass is 189 g/mol. The van der Waals surface area contributed by atoms with Crippen LogP contribution in [0.15, 0.2) is 18.5 Å². The molecule has 0 saturated heterocycles. The topological polar surface area (TPSA) is 44.4 Å². The first-order valence-electron chi connectivity index (χ1n) is 2.05. The van der Waals surface area contributed by atoms with E-state index in [1.807, 2.05) is 0 Å². The van der Waals surface area contributed by atoms with Gasteiger partial charge in [-0.2, -0.15) is 0 Å². The predicted octanol–water partition coefficient (Wildman–Crippen LogP) is -1.32. The molecule has 0 fully saturated rings. The summed E-state index contributed by atoms with van der Waals surface area (Å²) in [6, 6.07) is 1.64. The number of halogens is 2. The van der Waals surface area contributed by atoms with Crippen LogP contribution in [0.25, 0.3) is 0 Å². The van der Waals surface area contributed by atoms with Gasteiger partial charge in [0, 0.05) is 12.4 Å². The van der Waals surface area contributed by atoms with Crippen LogP contribution >= 0.6 is 23.2 Å². The zero-order valence-corrected chi connectivity index (χ0v) is 8.95. The van der Waals surface area contributed by atoms with E-state index in [4.69, 9.17) is 23.2 Å². The van der Waals surface area contributed by atoms with Crippen molar-refractivity contribution >= 4 is 23.2 Å². The molecule has 5 heteroatoms. The fourth-order valence-corrected chi connectivity index (χ4v) is 0.790. The Balaban J connectivity index is -0.000000213. The average Bonchev–Trinajstić information content (AvgIpc) is 1.64. The number of nitrogens with zero attached hydrogens (tertiary/aromatic N) is 1. The van der Waals surface area contributed by atoms with Gasteiger partial charge in [-0.25, -0.2) is 0 Å². The maximum absolute atomic E-state index is 5.50. The van der Waals surface area contributed by atoms with Crippen LogP contribution in [-0.4, -0.2) is 10.5 Å². The molecule has 1 aromatic rings. The molecule has 0 aliphatic rings. The van der Waals surface area contributed by atoms with E-state index in [2.05, 4.69) is 4.98 Å². The van der Waals surface area contributed by atoms with Crippen LogP contribution in [0.3, 0.4) is 0 Å². The Bertz CT molecular complexity index is 184. The third-order valence-corrected chi connectivity index (χ3v) is 1.08. The zero-order valence-electron chi connectivity index (χ0n) is 6.44. The van der Waals surface area contributed by atoms with Crippen LogP contribution in [0.5, 0.6) is 0 Å². The molecule has 0 bridgehead atoms. The van der Waals surface area contributed by atoms with Gasteiger partial charge < -0.3 is 6.90 Å². The van der Waals surface area contributed by atoms with Crippen molar-refractivity contribution in [1.29, 1.82) is 0 Å². The van der Waals surface area contributed by atoms with E-state index in [1.165, 1.54) is 12.4 Å². The molecule has 1 heterocycles. The molecule has 0 aliphatic carbocycles. The largest absolute Gasteiger partial charge is 1.00 e. The van der Waals surface area contributed by atoms with Crippen LogP contribution in [-0.2, 0) is 0 Å². The van der Waals surface area contributed by atoms with Gasteiger partial charge in [-0.05, 0) is 6.07 Å². The number of aromatic nitrogens is 1. The minimum Gasteiger partial charge on any atom is -1.00 e. The summed E-state index contributed by atoms with van der Waals surface area (Å²) in [6.07, 6.45) is 3.07.